The molecule has 0 bridgehead atoms. The van der Waals surface area contributed by atoms with Gasteiger partial charge in [-0.1, -0.05) is 241 Å². The SMILES string of the molecule is C=C1C=CC=CN1C.C=C1CN=CN1C.C=C1N(C)C=CS1(=O)=O.C=C1N(C)C=CS1=O.C=C1N(C)CCS1(=O)=O.C=C1N(C)CCS1=O.C=C1OC=CN1C.C=C1OCCN1C.C=C1SC=CN1C.C=C1SC=CN1C.C=C1SCCN1C.CC.CC.CC.CC.CC.CC.CC.CC.CC.CC.CC. The first-order valence-electron chi connectivity index (χ1n) is 36.4. The molecule has 4 fully saturated rings. The summed E-state index contributed by atoms with van der Waals surface area (Å²) in [7, 11) is 13.1. The summed E-state index contributed by atoms with van der Waals surface area (Å²) in [6, 6.07) is 0. The first kappa shape index (κ1) is 123. The average Bonchev–Trinajstić information content (AvgIpc) is 1.70. The van der Waals surface area contributed by atoms with Gasteiger partial charge in [0, 0.05) is 163 Å². The molecule has 20 nitrogen and oxygen atoms in total. The summed E-state index contributed by atoms with van der Waals surface area (Å²) in [5.41, 5.74) is 2.10. The van der Waals surface area contributed by atoms with Gasteiger partial charge in [-0.3, -0.25) is 9.20 Å². The summed E-state index contributed by atoms with van der Waals surface area (Å²) in [5, 5.41) is 12.0. The molecule has 620 valence electrons. The van der Waals surface area contributed by atoms with Gasteiger partial charge in [0.2, 0.25) is 9.84 Å². The van der Waals surface area contributed by atoms with Crippen LogP contribution in [0, 0.1) is 0 Å². The van der Waals surface area contributed by atoms with Gasteiger partial charge >= 0.3 is 0 Å². The molecule has 0 N–H and O–H groups in total. The van der Waals surface area contributed by atoms with Crippen molar-refractivity contribution >= 4 is 82.9 Å². The van der Waals surface area contributed by atoms with Crippen LogP contribution in [-0.2, 0) is 50.7 Å². The summed E-state index contributed by atoms with van der Waals surface area (Å²) in [4.78, 5) is 24.6. The van der Waals surface area contributed by atoms with Crippen LogP contribution in [0.5, 0.6) is 0 Å². The van der Waals surface area contributed by atoms with E-state index in [0.29, 0.717) is 17.5 Å². The Balaban J connectivity index is -0.000000101. The maximum atomic E-state index is 10.8. The molecule has 2 unspecified atom stereocenters. The molecule has 27 heteroatoms. The van der Waals surface area contributed by atoms with E-state index < -0.39 is 41.3 Å². The van der Waals surface area contributed by atoms with E-state index in [0.717, 1.165) is 69.8 Å². The van der Waals surface area contributed by atoms with Crippen LogP contribution in [0.4, 0.5) is 0 Å². The fourth-order valence-corrected chi connectivity index (χ4v) is 11.9. The van der Waals surface area contributed by atoms with Crippen LogP contribution in [0.3, 0.4) is 0 Å². The molecular formula is C79H154N12O8S7. The minimum atomic E-state index is -3.12. The van der Waals surface area contributed by atoms with Crippen molar-refractivity contribution in [2.45, 2.75) is 152 Å². The zero-order chi connectivity index (χ0) is 86.1. The molecule has 0 aromatic carbocycles. The topological polar surface area (TPSA) is 169 Å². The van der Waals surface area contributed by atoms with Crippen LogP contribution >= 0.6 is 35.3 Å². The number of hydrogen-bond acceptors (Lipinski definition) is 23. The van der Waals surface area contributed by atoms with Crippen molar-refractivity contribution in [3.05, 3.63) is 214 Å². The summed E-state index contributed by atoms with van der Waals surface area (Å²) < 4.78 is 74.4. The normalized spacial score (nSPS) is 18.0. The summed E-state index contributed by atoms with van der Waals surface area (Å²) >= 11 is 5.15. The lowest BCUT2D eigenvalue weighted by Gasteiger charge is -2.15. The van der Waals surface area contributed by atoms with Crippen LogP contribution < -0.4 is 0 Å². The maximum Gasteiger partial charge on any atom is 0.216 e. The van der Waals surface area contributed by atoms with Crippen molar-refractivity contribution in [2.75, 3.05) is 134 Å². The Labute approximate surface area is 672 Å². The molecule has 0 amide bonds. The molecular weight excluding hydrogens is 1470 g/mol. The minimum Gasteiger partial charge on any atom is -0.478 e. The smallest absolute Gasteiger partial charge is 0.216 e. The lowest BCUT2D eigenvalue weighted by Crippen LogP contribution is -2.10. The Hall–Kier alpha value is -6.36. The highest BCUT2D eigenvalue weighted by Crippen LogP contribution is 2.26. The number of likely N-dealkylation sites (N-methyl/N-ethyl adjacent to an activating group) is 3. The van der Waals surface area contributed by atoms with Crippen molar-refractivity contribution < 1.29 is 34.7 Å². The third-order valence-corrected chi connectivity index (χ3v) is 20.4. The fourth-order valence-electron chi connectivity index (χ4n) is 5.55. The predicted octanol–water partition coefficient (Wildman–Crippen LogP) is 19.8. The molecule has 11 rings (SSSR count). The van der Waals surface area contributed by atoms with Crippen LogP contribution in [0.25, 0.3) is 0 Å². The molecule has 0 spiro atoms. The van der Waals surface area contributed by atoms with Crippen LogP contribution in [0.1, 0.15) is 152 Å². The van der Waals surface area contributed by atoms with E-state index in [1.165, 1.54) is 28.4 Å². The minimum absolute atomic E-state index is 0.141. The van der Waals surface area contributed by atoms with Gasteiger partial charge in [-0.25, -0.2) is 21.0 Å². The molecule has 0 radical (unpaired) electrons. The fraction of sp³-hybridized carbons (Fsp3) is 0.532. The molecule has 0 aromatic rings. The molecule has 11 heterocycles. The summed E-state index contributed by atoms with van der Waals surface area (Å²) in [6.07, 6.45) is 20.3. The Morgan fingerprint density at radius 1 is 0.453 bits per heavy atom. The number of rotatable bonds is 0. The van der Waals surface area contributed by atoms with E-state index in [4.69, 9.17) is 9.47 Å². The largest absolute Gasteiger partial charge is 0.478 e. The molecule has 0 saturated carbocycles. The number of ether oxygens (including phenoxy) is 2. The van der Waals surface area contributed by atoms with E-state index in [9.17, 15) is 25.3 Å². The third kappa shape index (κ3) is 60.6. The Morgan fingerprint density at radius 2 is 0.934 bits per heavy atom. The standard InChI is InChI=1S/C7H9N.C5H8N2.C5H9NO2S.C5H7NO2S.C5H9NOS.C5H7NOS.C5H9NO.C5H7NO.C5H9NS.2C5H7NS.11C2H6/c1-7-5-3-4-6-8(7)2;1-5-3-6-4-7(5)2;2*1-5-6(2)3-4-9(5,7)8;2*1-5-6(2)3-4-8(5)7;5*1-5-6(2)3-4-7-5;11*1-2/h3-6H,1H2,2H3;4H,1,3H2,2H3;1,3-4H2,2H3;3-4H,1H2,2H3;1,3-4H2,2H3;3-4H,1H2,2H3;1,3-4H2,2H3;3-4H,1H2,2H3;1,3-4H2,2H3;2*3-4H,1H2,2H3;11*1-2H3. The summed E-state index contributed by atoms with van der Waals surface area (Å²) in [5.74, 6) is 3.67. The van der Waals surface area contributed by atoms with Crippen molar-refractivity contribution in [2.24, 2.45) is 4.99 Å². The number of hydrogen-bond donors (Lipinski definition) is 0. The zero-order valence-electron chi connectivity index (χ0n) is 72.8. The second-order valence-electron chi connectivity index (χ2n) is 18.4. The quantitative estimate of drug-likeness (QED) is 0.224. The zero-order valence-corrected chi connectivity index (χ0v) is 78.5. The van der Waals surface area contributed by atoms with E-state index in [1.807, 2.05) is 304 Å². The molecule has 2 atom stereocenters. The van der Waals surface area contributed by atoms with Crippen LogP contribution in [0.15, 0.2) is 219 Å². The molecule has 4 saturated heterocycles. The van der Waals surface area contributed by atoms with E-state index in [-0.39, 0.29) is 15.8 Å². The van der Waals surface area contributed by atoms with E-state index in [2.05, 4.69) is 89.3 Å². The second kappa shape index (κ2) is 81.2. The van der Waals surface area contributed by atoms with E-state index in [1.54, 1.807) is 76.5 Å². The highest BCUT2D eigenvalue weighted by atomic mass is 32.2. The Kier molecular flexibility index (Phi) is 94.5. The molecule has 11 aliphatic rings. The highest BCUT2D eigenvalue weighted by molar-refractivity contribution is 8.06. The number of allylic oxidation sites excluding steroid dienone is 3. The third-order valence-electron chi connectivity index (χ3n) is 12.1. The number of sulfone groups is 2. The average molecular weight is 1620 g/mol. The lowest BCUT2D eigenvalue weighted by atomic mass is 10.3. The number of aliphatic imine (C=N–C) groups is 1. The van der Waals surface area contributed by atoms with Gasteiger partial charge in [-0.2, -0.15) is 0 Å². The molecule has 11 aliphatic heterocycles. The maximum absolute atomic E-state index is 10.8. The molecule has 0 aliphatic carbocycles. The molecule has 106 heavy (non-hydrogen) atoms. The van der Waals surface area contributed by atoms with E-state index >= 15 is 0 Å². The van der Waals surface area contributed by atoms with Crippen molar-refractivity contribution in [3.63, 3.8) is 0 Å². The van der Waals surface area contributed by atoms with Gasteiger partial charge in [-0.15, -0.1) is 11.8 Å². The number of thioether (sulfide) groups is 3. The first-order chi connectivity index (χ1) is 50.1. The van der Waals surface area contributed by atoms with Crippen LogP contribution in [0.2, 0.25) is 0 Å². The Bertz CT molecular complexity index is 2800. The van der Waals surface area contributed by atoms with Gasteiger partial charge in [0.15, 0.2) is 21.6 Å². The predicted molar refractivity (Wildman–Crippen MR) is 486 cm³/mol. The van der Waals surface area contributed by atoms with Gasteiger partial charge in [0.25, 0.3) is 0 Å². The van der Waals surface area contributed by atoms with Crippen molar-refractivity contribution in [3.8, 4) is 0 Å². The lowest BCUT2D eigenvalue weighted by molar-refractivity contribution is 0.246. The molecule has 0 aromatic heterocycles. The second-order valence-corrected chi connectivity index (χ2v) is 28.4. The van der Waals surface area contributed by atoms with Gasteiger partial charge < -0.3 is 63.4 Å². The van der Waals surface area contributed by atoms with Crippen LogP contribution in [-0.4, -0.2) is 220 Å². The monoisotopic (exact) mass is 1620 g/mol. The summed E-state index contributed by atoms with van der Waals surface area (Å²) in [6.45, 7) is 89.3. The van der Waals surface area contributed by atoms with Gasteiger partial charge in [0.05, 0.1) is 72.3 Å². The van der Waals surface area contributed by atoms with Gasteiger partial charge in [-0.05, 0) is 36.1 Å². The highest BCUT2D eigenvalue weighted by Gasteiger charge is 2.27. The van der Waals surface area contributed by atoms with Gasteiger partial charge in [0.1, 0.15) is 28.0 Å². The Morgan fingerprint density at radius 3 is 1.05 bits per heavy atom. The van der Waals surface area contributed by atoms with Crippen molar-refractivity contribution in [1.29, 1.82) is 0 Å². The number of nitrogens with zero attached hydrogens (tertiary/aromatic N) is 12. The first-order valence-corrected chi connectivity index (χ1v) is 44.9. The van der Waals surface area contributed by atoms with Crippen molar-refractivity contribution in [1.82, 2.24) is 53.9 Å².